The van der Waals surface area contributed by atoms with E-state index in [-0.39, 0.29) is 11.7 Å². The quantitative estimate of drug-likeness (QED) is 0.648. The molecule has 0 unspecified atom stereocenters. The first-order chi connectivity index (χ1) is 13.4. The number of piperazine rings is 1. The molecule has 0 saturated carbocycles. The van der Waals surface area contributed by atoms with Gasteiger partial charge in [-0.1, -0.05) is 18.2 Å². The van der Waals surface area contributed by atoms with E-state index in [4.69, 9.17) is 4.74 Å². The summed E-state index contributed by atoms with van der Waals surface area (Å²) in [6.07, 6.45) is -0.787. The minimum Gasteiger partial charge on any atom is -0.485 e. The number of nitro benzene ring substituents is 1. The molecule has 0 spiro atoms. The minimum atomic E-state index is -0.787. The van der Waals surface area contributed by atoms with Gasteiger partial charge in [-0.3, -0.25) is 15.0 Å². The Balaban J connectivity index is 1.62. The highest BCUT2D eigenvalue weighted by atomic mass is 16.6. The number of fused-ring (bicyclic) bond motifs is 1. The van der Waals surface area contributed by atoms with Gasteiger partial charge in [0, 0.05) is 49.6 Å². The summed E-state index contributed by atoms with van der Waals surface area (Å²) in [6.45, 7) is 6.89. The molecule has 0 radical (unpaired) electrons. The maximum absolute atomic E-state index is 11.3. The predicted octanol–water partition coefficient (Wildman–Crippen LogP) is 2.99. The molecule has 2 heterocycles. The Morgan fingerprint density at radius 3 is 2.43 bits per heavy atom. The fourth-order valence-electron chi connectivity index (χ4n) is 4.16. The first-order valence-corrected chi connectivity index (χ1v) is 9.56. The molecule has 7 nitrogen and oxygen atoms in total. The summed E-state index contributed by atoms with van der Waals surface area (Å²) in [5.41, 5.74) is 1.12. The monoisotopic (exact) mass is 383 g/mol. The summed E-state index contributed by atoms with van der Waals surface area (Å²) in [7, 11) is 0. The van der Waals surface area contributed by atoms with Crippen molar-refractivity contribution in [3.8, 4) is 5.75 Å². The molecule has 1 saturated heterocycles. The summed E-state index contributed by atoms with van der Waals surface area (Å²) in [6, 6.07) is 14.6. The van der Waals surface area contributed by atoms with Crippen LogP contribution in [0.3, 0.4) is 0 Å². The van der Waals surface area contributed by atoms with E-state index < -0.39 is 16.6 Å². The van der Waals surface area contributed by atoms with E-state index >= 15 is 0 Å². The van der Waals surface area contributed by atoms with E-state index in [1.807, 2.05) is 32.0 Å². The molecule has 2 aromatic carbocycles. The number of aliphatic hydroxyl groups excluding tert-OH is 1. The fourth-order valence-corrected chi connectivity index (χ4v) is 4.16. The predicted molar refractivity (Wildman–Crippen MR) is 107 cm³/mol. The third-order valence-corrected chi connectivity index (χ3v) is 5.74. The van der Waals surface area contributed by atoms with Crippen LogP contribution in [-0.2, 0) is 0 Å². The normalized spacial score (nSPS) is 24.3. The Morgan fingerprint density at radius 2 is 1.79 bits per heavy atom. The third-order valence-electron chi connectivity index (χ3n) is 5.74. The molecule has 2 atom stereocenters. The maximum atomic E-state index is 11.3. The average Bonchev–Trinajstić information content (AvgIpc) is 2.69. The topological polar surface area (TPSA) is 79.1 Å². The highest BCUT2D eigenvalue weighted by molar-refractivity contribution is 5.49. The molecule has 28 heavy (non-hydrogen) atoms. The standard InChI is InChI=1S/C21H25N3O4/c1-21(2)20(25)19(17-14-16(24(26)27)8-9-18(17)28-21)23-12-10-22(11-13-23)15-6-4-3-5-7-15/h3-9,14,19-20,25H,10-13H2,1-2H3/t19-,20+/m0/s1. The van der Waals surface area contributed by atoms with Crippen molar-refractivity contribution in [2.75, 3.05) is 31.1 Å². The highest BCUT2D eigenvalue weighted by Crippen LogP contribution is 2.44. The van der Waals surface area contributed by atoms with Crippen LogP contribution in [0.1, 0.15) is 25.5 Å². The average molecular weight is 383 g/mol. The molecule has 2 aliphatic heterocycles. The van der Waals surface area contributed by atoms with Gasteiger partial charge >= 0.3 is 0 Å². The number of non-ortho nitro benzene ring substituents is 1. The molecule has 1 fully saturated rings. The van der Waals surface area contributed by atoms with E-state index in [0.29, 0.717) is 11.3 Å². The lowest BCUT2D eigenvalue weighted by molar-refractivity contribution is -0.385. The summed E-state index contributed by atoms with van der Waals surface area (Å²) in [4.78, 5) is 15.4. The molecule has 1 N–H and O–H groups in total. The Morgan fingerprint density at radius 1 is 1.11 bits per heavy atom. The molecule has 2 aliphatic rings. The zero-order valence-electron chi connectivity index (χ0n) is 16.1. The Labute approximate surface area is 164 Å². The van der Waals surface area contributed by atoms with Crippen molar-refractivity contribution >= 4 is 11.4 Å². The number of benzene rings is 2. The molecule has 4 rings (SSSR count). The summed E-state index contributed by atoms with van der Waals surface area (Å²) in [5, 5.41) is 22.3. The Bertz CT molecular complexity index is 863. The van der Waals surface area contributed by atoms with Crippen LogP contribution in [0.2, 0.25) is 0 Å². The molecule has 0 amide bonds. The van der Waals surface area contributed by atoms with E-state index in [2.05, 4.69) is 21.9 Å². The van der Waals surface area contributed by atoms with Crippen molar-refractivity contribution in [2.45, 2.75) is 31.6 Å². The molecule has 0 bridgehead atoms. The van der Waals surface area contributed by atoms with Gasteiger partial charge in [-0.05, 0) is 32.0 Å². The number of hydrogen-bond donors (Lipinski definition) is 1. The molecule has 0 aromatic heterocycles. The summed E-state index contributed by atoms with van der Waals surface area (Å²) in [5.74, 6) is 0.608. The minimum absolute atomic E-state index is 0.0159. The van der Waals surface area contributed by atoms with Gasteiger partial charge < -0.3 is 14.7 Å². The van der Waals surface area contributed by atoms with Crippen molar-refractivity contribution in [3.63, 3.8) is 0 Å². The smallest absolute Gasteiger partial charge is 0.270 e. The van der Waals surface area contributed by atoms with Gasteiger partial charge in [-0.25, -0.2) is 0 Å². The van der Waals surface area contributed by atoms with Crippen molar-refractivity contribution in [2.24, 2.45) is 0 Å². The highest BCUT2D eigenvalue weighted by Gasteiger charge is 2.46. The second-order valence-electron chi connectivity index (χ2n) is 7.93. The number of para-hydroxylation sites is 1. The maximum Gasteiger partial charge on any atom is 0.270 e. The third kappa shape index (κ3) is 3.31. The van der Waals surface area contributed by atoms with Crippen LogP contribution in [0, 0.1) is 10.1 Å². The lowest BCUT2D eigenvalue weighted by Crippen LogP contribution is -2.57. The van der Waals surface area contributed by atoms with E-state index in [9.17, 15) is 15.2 Å². The van der Waals surface area contributed by atoms with Crippen molar-refractivity contribution in [1.82, 2.24) is 4.90 Å². The molecular formula is C21H25N3O4. The van der Waals surface area contributed by atoms with Crippen LogP contribution >= 0.6 is 0 Å². The second kappa shape index (κ2) is 7.07. The number of hydrogen-bond acceptors (Lipinski definition) is 6. The van der Waals surface area contributed by atoms with E-state index in [1.54, 1.807) is 12.1 Å². The zero-order valence-corrected chi connectivity index (χ0v) is 16.1. The SMILES string of the molecule is CC1(C)Oc2ccc([N+](=O)[O-])cc2[C@H](N2CCN(c3ccccc3)CC2)[C@H]1O. The van der Waals surface area contributed by atoms with Gasteiger partial charge in [0.05, 0.1) is 11.0 Å². The lowest BCUT2D eigenvalue weighted by Gasteiger charge is -2.48. The largest absolute Gasteiger partial charge is 0.485 e. The first kappa shape index (κ1) is 18.7. The molecule has 148 valence electrons. The second-order valence-corrected chi connectivity index (χ2v) is 7.93. The first-order valence-electron chi connectivity index (χ1n) is 9.56. The van der Waals surface area contributed by atoms with Crippen LogP contribution in [-0.4, -0.2) is 52.8 Å². The van der Waals surface area contributed by atoms with Crippen molar-refractivity contribution in [1.29, 1.82) is 0 Å². The molecular weight excluding hydrogens is 358 g/mol. The van der Waals surface area contributed by atoms with E-state index in [0.717, 1.165) is 26.2 Å². The van der Waals surface area contributed by atoms with Crippen LogP contribution in [0.5, 0.6) is 5.75 Å². The number of ether oxygens (including phenoxy) is 1. The summed E-state index contributed by atoms with van der Waals surface area (Å²) >= 11 is 0. The molecule has 7 heteroatoms. The van der Waals surface area contributed by atoms with Gasteiger partial charge in [-0.2, -0.15) is 0 Å². The number of nitro groups is 1. The van der Waals surface area contributed by atoms with Gasteiger partial charge in [0.2, 0.25) is 0 Å². The number of aliphatic hydroxyl groups is 1. The van der Waals surface area contributed by atoms with Crippen molar-refractivity contribution < 1.29 is 14.8 Å². The van der Waals surface area contributed by atoms with Crippen LogP contribution < -0.4 is 9.64 Å². The zero-order chi connectivity index (χ0) is 19.9. The van der Waals surface area contributed by atoms with Gasteiger partial charge in [0.15, 0.2) is 0 Å². The van der Waals surface area contributed by atoms with Gasteiger partial charge in [-0.15, -0.1) is 0 Å². The Kier molecular flexibility index (Phi) is 4.72. The Hall–Kier alpha value is -2.64. The molecule has 2 aromatic rings. The number of nitrogens with zero attached hydrogens (tertiary/aromatic N) is 3. The van der Waals surface area contributed by atoms with E-state index in [1.165, 1.54) is 11.8 Å². The molecule has 0 aliphatic carbocycles. The van der Waals surface area contributed by atoms with Gasteiger partial charge in [0.1, 0.15) is 17.5 Å². The lowest BCUT2D eigenvalue weighted by atomic mass is 9.85. The fraction of sp³-hybridized carbons (Fsp3) is 0.429. The number of anilines is 1. The van der Waals surface area contributed by atoms with Crippen molar-refractivity contribution in [3.05, 3.63) is 64.2 Å². The van der Waals surface area contributed by atoms with Crippen LogP contribution in [0.25, 0.3) is 0 Å². The van der Waals surface area contributed by atoms with Crippen LogP contribution in [0.15, 0.2) is 48.5 Å². The van der Waals surface area contributed by atoms with Crippen LogP contribution in [0.4, 0.5) is 11.4 Å². The summed E-state index contributed by atoms with van der Waals surface area (Å²) < 4.78 is 5.97. The van der Waals surface area contributed by atoms with Gasteiger partial charge in [0.25, 0.3) is 5.69 Å². The number of rotatable bonds is 3.